The molecule has 0 spiro atoms. The van der Waals surface area contributed by atoms with E-state index in [2.05, 4.69) is 36.1 Å². The lowest BCUT2D eigenvalue weighted by Crippen LogP contribution is -2.10. The fourth-order valence-corrected chi connectivity index (χ4v) is 1.11. The van der Waals surface area contributed by atoms with E-state index in [9.17, 15) is 0 Å². The summed E-state index contributed by atoms with van der Waals surface area (Å²) in [5, 5.41) is 2.93. The molecule has 0 unspecified atom stereocenters. The average molecular weight is 223 g/mol. The zero-order chi connectivity index (χ0) is 12.0. The minimum absolute atomic E-state index is 0.321. The first kappa shape index (κ1) is 12.9. The number of hydrogen-bond acceptors (Lipinski definition) is 4. The normalized spacial score (nSPS) is 11.5. The van der Waals surface area contributed by atoms with E-state index in [4.69, 9.17) is 4.74 Å². The van der Waals surface area contributed by atoms with Crippen molar-refractivity contribution in [3.8, 4) is 0 Å². The molecule has 0 saturated heterocycles. The third-order valence-electron chi connectivity index (χ3n) is 2.21. The van der Waals surface area contributed by atoms with Crippen molar-refractivity contribution in [1.82, 2.24) is 9.97 Å². The highest BCUT2D eigenvalue weighted by atomic mass is 16.5. The number of rotatable bonds is 5. The number of nitrogens with zero attached hydrogens (tertiary/aromatic N) is 2. The predicted octanol–water partition coefficient (Wildman–Crippen LogP) is 2.47. The molecule has 1 aromatic heterocycles. The van der Waals surface area contributed by atoms with Crippen molar-refractivity contribution in [3.63, 3.8) is 0 Å². The largest absolute Gasteiger partial charge is 0.375 e. The van der Waals surface area contributed by atoms with Crippen LogP contribution in [-0.2, 0) is 11.3 Å². The molecule has 1 N–H and O–H groups in total. The van der Waals surface area contributed by atoms with E-state index in [1.807, 2.05) is 7.05 Å². The van der Waals surface area contributed by atoms with Gasteiger partial charge in [0.05, 0.1) is 24.7 Å². The van der Waals surface area contributed by atoms with Gasteiger partial charge in [-0.3, -0.25) is 4.98 Å². The third-order valence-corrected chi connectivity index (χ3v) is 2.21. The molecule has 1 heterocycles. The Morgan fingerprint density at radius 1 is 1.25 bits per heavy atom. The number of anilines is 1. The molecule has 1 rings (SSSR count). The Hall–Kier alpha value is -1.16. The van der Waals surface area contributed by atoms with Crippen molar-refractivity contribution in [2.45, 2.75) is 33.8 Å². The summed E-state index contributed by atoms with van der Waals surface area (Å²) < 4.78 is 5.55. The maximum Gasteiger partial charge on any atom is 0.144 e. The maximum atomic E-state index is 5.55. The van der Waals surface area contributed by atoms with E-state index >= 15 is 0 Å². The van der Waals surface area contributed by atoms with Gasteiger partial charge in [0.25, 0.3) is 0 Å². The lowest BCUT2D eigenvalue weighted by atomic mass is 9.93. The summed E-state index contributed by atoms with van der Waals surface area (Å²) in [5.74, 6) is 0.776. The van der Waals surface area contributed by atoms with Crippen molar-refractivity contribution in [2.24, 2.45) is 5.41 Å². The van der Waals surface area contributed by atoms with Crippen LogP contribution in [0.5, 0.6) is 0 Å². The van der Waals surface area contributed by atoms with Crippen molar-refractivity contribution in [3.05, 3.63) is 18.1 Å². The highest BCUT2D eigenvalue weighted by Crippen LogP contribution is 2.18. The molecular formula is C12H21N3O. The summed E-state index contributed by atoms with van der Waals surface area (Å²) in [5.41, 5.74) is 1.19. The van der Waals surface area contributed by atoms with Crippen molar-refractivity contribution < 1.29 is 4.74 Å². The molecule has 0 aromatic carbocycles. The number of aromatic nitrogens is 2. The van der Waals surface area contributed by atoms with Crippen molar-refractivity contribution in [2.75, 3.05) is 19.0 Å². The van der Waals surface area contributed by atoms with Gasteiger partial charge in [0.1, 0.15) is 5.82 Å². The molecule has 90 valence electrons. The van der Waals surface area contributed by atoms with Crippen LogP contribution in [0.3, 0.4) is 0 Å². The second-order valence-corrected chi connectivity index (χ2v) is 5.01. The molecule has 0 bridgehead atoms. The molecule has 16 heavy (non-hydrogen) atoms. The van der Waals surface area contributed by atoms with Gasteiger partial charge in [-0.1, -0.05) is 20.8 Å². The predicted molar refractivity (Wildman–Crippen MR) is 65.3 cm³/mol. The summed E-state index contributed by atoms with van der Waals surface area (Å²) in [4.78, 5) is 8.40. The Morgan fingerprint density at radius 3 is 2.50 bits per heavy atom. The lowest BCUT2D eigenvalue weighted by molar-refractivity contribution is 0.0939. The van der Waals surface area contributed by atoms with Crippen LogP contribution in [0, 0.1) is 5.41 Å². The van der Waals surface area contributed by atoms with Gasteiger partial charge in [-0.05, 0) is 11.8 Å². The van der Waals surface area contributed by atoms with Crippen LogP contribution in [0.25, 0.3) is 0 Å². The minimum Gasteiger partial charge on any atom is -0.375 e. The van der Waals surface area contributed by atoms with Gasteiger partial charge in [0.2, 0.25) is 0 Å². The fourth-order valence-electron chi connectivity index (χ4n) is 1.11. The topological polar surface area (TPSA) is 47.0 Å². The molecule has 0 aliphatic heterocycles. The average Bonchev–Trinajstić information content (AvgIpc) is 2.24. The van der Waals surface area contributed by atoms with E-state index < -0.39 is 0 Å². The molecule has 0 fully saturated rings. The monoisotopic (exact) mass is 223 g/mol. The van der Waals surface area contributed by atoms with E-state index in [-0.39, 0.29) is 0 Å². The van der Waals surface area contributed by atoms with Crippen molar-refractivity contribution in [1.29, 1.82) is 0 Å². The lowest BCUT2D eigenvalue weighted by Gasteiger charge is -2.17. The van der Waals surface area contributed by atoms with Gasteiger partial charge in [-0.15, -0.1) is 0 Å². The van der Waals surface area contributed by atoms with Gasteiger partial charge >= 0.3 is 0 Å². The first-order valence-electron chi connectivity index (χ1n) is 5.58. The SMILES string of the molecule is CNc1cnc(COCCC(C)(C)C)cn1. The Labute approximate surface area is 97.5 Å². The van der Waals surface area contributed by atoms with Gasteiger partial charge in [0, 0.05) is 13.7 Å². The van der Waals surface area contributed by atoms with E-state index in [0.29, 0.717) is 12.0 Å². The maximum absolute atomic E-state index is 5.55. The Balaban J connectivity index is 2.27. The summed E-state index contributed by atoms with van der Waals surface area (Å²) in [6.45, 7) is 7.92. The van der Waals surface area contributed by atoms with Crippen molar-refractivity contribution >= 4 is 5.82 Å². The Kier molecular flexibility index (Phi) is 4.68. The van der Waals surface area contributed by atoms with Crippen LogP contribution >= 0.6 is 0 Å². The molecule has 4 nitrogen and oxygen atoms in total. The molecule has 0 aliphatic rings. The van der Waals surface area contributed by atoms with Gasteiger partial charge in [-0.2, -0.15) is 0 Å². The molecule has 4 heteroatoms. The van der Waals surface area contributed by atoms with E-state index in [1.165, 1.54) is 0 Å². The summed E-state index contributed by atoms with van der Waals surface area (Å²) in [6, 6.07) is 0. The van der Waals surface area contributed by atoms with E-state index in [1.54, 1.807) is 12.4 Å². The summed E-state index contributed by atoms with van der Waals surface area (Å²) >= 11 is 0. The molecule has 0 radical (unpaired) electrons. The van der Waals surface area contributed by atoms with Crippen LogP contribution in [0.2, 0.25) is 0 Å². The Morgan fingerprint density at radius 2 is 2.00 bits per heavy atom. The van der Waals surface area contributed by atoms with Crippen LogP contribution in [0.4, 0.5) is 5.82 Å². The number of nitrogens with one attached hydrogen (secondary N) is 1. The Bertz CT molecular complexity index is 303. The van der Waals surface area contributed by atoms with Crippen LogP contribution < -0.4 is 5.32 Å². The van der Waals surface area contributed by atoms with Crippen LogP contribution in [0.1, 0.15) is 32.9 Å². The molecule has 0 saturated carbocycles. The van der Waals surface area contributed by atoms with Gasteiger partial charge < -0.3 is 10.1 Å². The third kappa shape index (κ3) is 5.07. The fraction of sp³-hybridized carbons (Fsp3) is 0.667. The summed E-state index contributed by atoms with van der Waals surface area (Å²) in [6.07, 6.45) is 4.50. The first-order chi connectivity index (χ1) is 7.51. The molecule has 0 atom stereocenters. The van der Waals surface area contributed by atoms with Crippen LogP contribution in [-0.4, -0.2) is 23.6 Å². The van der Waals surface area contributed by atoms with Gasteiger partial charge in [0.15, 0.2) is 0 Å². The summed E-state index contributed by atoms with van der Waals surface area (Å²) in [7, 11) is 1.82. The smallest absolute Gasteiger partial charge is 0.144 e. The minimum atomic E-state index is 0.321. The molecule has 1 aromatic rings. The van der Waals surface area contributed by atoms with E-state index in [0.717, 1.165) is 24.5 Å². The highest BCUT2D eigenvalue weighted by Gasteiger charge is 2.09. The zero-order valence-electron chi connectivity index (χ0n) is 10.6. The zero-order valence-corrected chi connectivity index (χ0v) is 10.6. The molecule has 0 amide bonds. The number of ether oxygens (including phenoxy) is 1. The van der Waals surface area contributed by atoms with Gasteiger partial charge in [-0.25, -0.2) is 4.98 Å². The molecule has 0 aliphatic carbocycles. The second-order valence-electron chi connectivity index (χ2n) is 5.01. The standard InChI is InChI=1S/C12H21N3O/c1-12(2,3)5-6-16-9-10-7-15-11(13-4)8-14-10/h7-8H,5-6,9H2,1-4H3,(H,13,15). The highest BCUT2D eigenvalue weighted by molar-refractivity contribution is 5.29. The quantitative estimate of drug-likeness (QED) is 0.779. The number of hydrogen-bond donors (Lipinski definition) is 1. The molecular weight excluding hydrogens is 202 g/mol. The van der Waals surface area contributed by atoms with Crippen LogP contribution in [0.15, 0.2) is 12.4 Å². The second kappa shape index (κ2) is 5.80. The first-order valence-corrected chi connectivity index (χ1v) is 5.58.